The van der Waals surface area contributed by atoms with E-state index in [0.29, 0.717) is 0 Å². The van der Waals surface area contributed by atoms with Gasteiger partial charge < -0.3 is 19.7 Å². The van der Waals surface area contributed by atoms with Crippen LogP contribution in [0.5, 0.6) is 11.5 Å². The number of methoxy groups -OCH3 is 2. The monoisotopic (exact) mass is 369 g/mol. The topological polar surface area (TPSA) is 90.2 Å². The zero-order valence-corrected chi connectivity index (χ0v) is 15.7. The molecule has 0 spiro atoms. The van der Waals surface area contributed by atoms with Gasteiger partial charge in [0.05, 0.1) is 14.2 Å². The van der Waals surface area contributed by atoms with Crippen LogP contribution in [-0.4, -0.2) is 58.3 Å². The molecule has 9 nitrogen and oxygen atoms in total. The van der Waals surface area contributed by atoms with Crippen molar-refractivity contribution in [3.05, 3.63) is 24.5 Å². The molecule has 1 N–H and O–H groups in total. The molecule has 0 bridgehead atoms. The number of nitrogens with one attached hydrogen (secondary N) is 1. The van der Waals surface area contributed by atoms with Crippen LogP contribution in [0.15, 0.2) is 24.5 Å². The van der Waals surface area contributed by atoms with E-state index in [4.69, 9.17) is 9.47 Å². The number of rotatable bonds is 5. The summed E-state index contributed by atoms with van der Waals surface area (Å²) in [7, 11) is 5.15. The third kappa shape index (κ3) is 3.44. The third-order valence-corrected chi connectivity index (χ3v) is 4.81. The zero-order chi connectivity index (χ0) is 18.8. The maximum atomic E-state index is 5.36. The quantitative estimate of drug-likeness (QED) is 0.729. The number of anilines is 2. The van der Waals surface area contributed by atoms with E-state index in [2.05, 4.69) is 30.5 Å². The molecule has 2 aromatic heterocycles. The normalized spacial score (nSPS) is 17.1. The van der Waals surface area contributed by atoms with Gasteiger partial charge in [-0.1, -0.05) is 5.21 Å². The van der Waals surface area contributed by atoms with Gasteiger partial charge in [0.15, 0.2) is 17.0 Å². The van der Waals surface area contributed by atoms with Crippen LogP contribution < -0.4 is 19.7 Å². The lowest BCUT2D eigenvalue weighted by Gasteiger charge is -2.34. The second kappa shape index (κ2) is 7.26. The predicted molar refractivity (Wildman–Crippen MR) is 103 cm³/mol. The van der Waals surface area contributed by atoms with Gasteiger partial charge in [0, 0.05) is 50.1 Å². The number of aryl methyl sites for hydroxylation is 1. The Morgan fingerprint density at radius 1 is 1.11 bits per heavy atom. The molecular formula is C18H23N7O2. The van der Waals surface area contributed by atoms with Crippen LogP contribution in [0.1, 0.15) is 12.8 Å². The summed E-state index contributed by atoms with van der Waals surface area (Å²) < 4.78 is 12.4. The average Bonchev–Trinajstić information content (AvgIpc) is 3.09. The van der Waals surface area contributed by atoms with Crippen LogP contribution in [0.25, 0.3) is 11.2 Å². The summed E-state index contributed by atoms with van der Waals surface area (Å²) in [4.78, 5) is 11.0. The Morgan fingerprint density at radius 2 is 1.89 bits per heavy atom. The molecule has 142 valence electrons. The number of ether oxygens (including phenoxy) is 2. The summed E-state index contributed by atoms with van der Waals surface area (Å²) in [6.07, 6.45) is 3.71. The third-order valence-electron chi connectivity index (χ3n) is 4.81. The lowest BCUT2D eigenvalue weighted by Crippen LogP contribution is -2.42. The van der Waals surface area contributed by atoms with E-state index < -0.39 is 0 Å². The first-order valence-corrected chi connectivity index (χ1v) is 8.93. The highest BCUT2D eigenvalue weighted by molar-refractivity contribution is 5.82. The van der Waals surface area contributed by atoms with Crippen molar-refractivity contribution in [3.8, 4) is 11.5 Å². The standard InChI is InChI=1S/C18H23N7O2/c1-24-17-16(22-23-24)18(20-11-19-17)25-6-4-5-12(10-25)21-13-7-14(26-2)9-15(8-13)27-3/h7-9,11-12,21H,4-6,10H2,1-3H3. The first kappa shape index (κ1) is 17.3. The maximum absolute atomic E-state index is 5.36. The molecule has 4 rings (SSSR count). The fraction of sp³-hybridized carbons (Fsp3) is 0.444. The van der Waals surface area contributed by atoms with Gasteiger partial charge in [0.2, 0.25) is 0 Å². The summed E-state index contributed by atoms with van der Waals surface area (Å²) in [5.41, 5.74) is 2.46. The van der Waals surface area contributed by atoms with Crippen molar-refractivity contribution < 1.29 is 9.47 Å². The summed E-state index contributed by atoms with van der Waals surface area (Å²) in [5.74, 6) is 2.37. The molecule has 1 fully saturated rings. The second-order valence-electron chi connectivity index (χ2n) is 6.61. The van der Waals surface area contributed by atoms with E-state index in [1.54, 1.807) is 25.2 Å². The van der Waals surface area contributed by atoms with E-state index in [-0.39, 0.29) is 6.04 Å². The molecule has 1 atom stereocenters. The molecule has 27 heavy (non-hydrogen) atoms. The minimum absolute atomic E-state index is 0.275. The van der Waals surface area contributed by atoms with Crippen molar-refractivity contribution in [3.63, 3.8) is 0 Å². The minimum Gasteiger partial charge on any atom is -0.497 e. The first-order valence-electron chi connectivity index (χ1n) is 8.93. The molecule has 1 saturated heterocycles. The van der Waals surface area contributed by atoms with Crippen LogP contribution in [0.3, 0.4) is 0 Å². The minimum atomic E-state index is 0.275. The van der Waals surface area contributed by atoms with Gasteiger partial charge in [-0.25, -0.2) is 14.6 Å². The lowest BCUT2D eigenvalue weighted by molar-refractivity contribution is 0.394. The highest BCUT2D eigenvalue weighted by atomic mass is 16.5. The predicted octanol–water partition coefficient (Wildman–Crippen LogP) is 1.86. The summed E-state index contributed by atoms with van der Waals surface area (Å²) in [6.45, 7) is 1.75. The van der Waals surface area contributed by atoms with Crippen LogP contribution in [0, 0.1) is 0 Å². The smallest absolute Gasteiger partial charge is 0.183 e. The Hall–Kier alpha value is -3.10. The van der Waals surface area contributed by atoms with Gasteiger partial charge in [-0.3, -0.25) is 0 Å². The maximum Gasteiger partial charge on any atom is 0.183 e. The molecule has 1 aliphatic rings. The molecule has 0 aliphatic carbocycles. The fourth-order valence-corrected chi connectivity index (χ4v) is 3.49. The van der Waals surface area contributed by atoms with Crippen molar-refractivity contribution in [2.45, 2.75) is 18.9 Å². The Labute approximate surface area is 157 Å². The first-order chi connectivity index (χ1) is 13.2. The summed E-state index contributed by atoms with van der Waals surface area (Å²) in [6, 6.07) is 6.10. The molecular weight excluding hydrogens is 346 g/mol. The average molecular weight is 369 g/mol. The van der Waals surface area contributed by atoms with E-state index in [9.17, 15) is 0 Å². The number of hydrogen-bond donors (Lipinski definition) is 1. The Bertz CT molecular complexity index is 920. The molecule has 0 radical (unpaired) electrons. The second-order valence-corrected chi connectivity index (χ2v) is 6.61. The fourth-order valence-electron chi connectivity index (χ4n) is 3.49. The Morgan fingerprint density at radius 3 is 2.63 bits per heavy atom. The van der Waals surface area contributed by atoms with Crippen LogP contribution in [0.4, 0.5) is 11.5 Å². The van der Waals surface area contributed by atoms with Crippen LogP contribution >= 0.6 is 0 Å². The van der Waals surface area contributed by atoms with Crippen LogP contribution in [-0.2, 0) is 7.05 Å². The number of nitrogens with zero attached hydrogens (tertiary/aromatic N) is 6. The molecule has 9 heteroatoms. The molecule has 0 saturated carbocycles. The van der Waals surface area contributed by atoms with Gasteiger partial charge in [-0.15, -0.1) is 5.10 Å². The highest BCUT2D eigenvalue weighted by Gasteiger charge is 2.24. The number of benzene rings is 1. The van der Waals surface area contributed by atoms with Gasteiger partial charge in [0.1, 0.15) is 17.8 Å². The van der Waals surface area contributed by atoms with Gasteiger partial charge >= 0.3 is 0 Å². The summed E-state index contributed by atoms with van der Waals surface area (Å²) in [5, 5.41) is 11.9. The van der Waals surface area contributed by atoms with Gasteiger partial charge in [-0.2, -0.15) is 0 Å². The largest absolute Gasteiger partial charge is 0.497 e. The molecule has 1 unspecified atom stereocenters. The molecule has 1 aromatic carbocycles. The van der Waals surface area contributed by atoms with Gasteiger partial charge in [-0.05, 0) is 12.8 Å². The van der Waals surface area contributed by atoms with E-state index >= 15 is 0 Å². The summed E-state index contributed by atoms with van der Waals surface area (Å²) >= 11 is 0. The number of fused-ring (bicyclic) bond motifs is 1. The van der Waals surface area contributed by atoms with Gasteiger partial charge in [0.25, 0.3) is 0 Å². The molecule has 3 heterocycles. The Balaban J connectivity index is 1.55. The van der Waals surface area contributed by atoms with E-state index in [1.165, 1.54) is 0 Å². The highest BCUT2D eigenvalue weighted by Crippen LogP contribution is 2.29. The molecule has 0 amide bonds. The van der Waals surface area contributed by atoms with Crippen molar-refractivity contribution >= 4 is 22.7 Å². The molecule has 1 aliphatic heterocycles. The van der Waals surface area contributed by atoms with Crippen molar-refractivity contribution in [1.82, 2.24) is 25.0 Å². The SMILES string of the molecule is COc1cc(NC2CCCN(c3ncnc4c3nnn4C)C2)cc(OC)c1. The Kier molecular flexibility index (Phi) is 4.66. The zero-order valence-electron chi connectivity index (χ0n) is 15.7. The van der Waals surface area contributed by atoms with Crippen LogP contribution in [0.2, 0.25) is 0 Å². The molecule has 3 aromatic rings. The lowest BCUT2D eigenvalue weighted by atomic mass is 10.0. The number of piperidine rings is 1. The van der Waals surface area contributed by atoms with E-state index in [1.807, 2.05) is 25.2 Å². The van der Waals surface area contributed by atoms with E-state index in [0.717, 1.165) is 60.1 Å². The van der Waals surface area contributed by atoms with Crippen molar-refractivity contribution in [2.24, 2.45) is 7.05 Å². The number of aromatic nitrogens is 5. The van der Waals surface area contributed by atoms with Crippen molar-refractivity contribution in [2.75, 3.05) is 37.5 Å². The van der Waals surface area contributed by atoms with Crippen molar-refractivity contribution in [1.29, 1.82) is 0 Å². The number of hydrogen-bond acceptors (Lipinski definition) is 8.